The Morgan fingerprint density at radius 1 is 0.968 bits per heavy atom. The van der Waals surface area contributed by atoms with Crippen LogP contribution in [0.3, 0.4) is 0 Å². The van der Waals surface area contributed by atoms with E-state index in [1.165, 1.54) is 25.7 Å². The molecule has 0 bridgehead atoms. The average Bonchev–Trinajstić information content (AvgIpc) is 3.06. The van der Waals surface area contributed by atoms with Gasteiger partial charge in [0.15, 0.2) is 0 Å². The smallest absolute Gasteiger partial charge is 0.119 e. The molecule has 4 nitrogen and oxygen atoms in total. The van der Waals surface area contributed by atoms with Crippen molar-refractivity contribution in [2.75, 3.05) is 13.2 Å². The Morgan fingerprint density at radius 3 is 2.58 bits per heavy atom. The molecule has 5 rings (SSSR count). The number of fused-ring (bicyclic) bond motifs is 5. The summed E-state index contributed by atoms with van der Waals surface area (Å²) in [5, 5.41) is 31.7. The van der Waals surface area contributed by atoms with Gasteiger partial charge in [0.25, 0.3) is 0 Å². The molecule has 0 amide bonds. The summed E-state index contributed by atoms with van der Waals surface area (Å²) < 4.78 is 5.63. The van der Waals surface area contributed by atoms with Crippen LogP contribution in [-0.2, 0) is 5.60 Å². The number of aliphatic hydroxyl groups excluding tert-OH is 2. The monoisotopic (exact) mass is 428 g/mol. The van der Waals surface area contributed by atoms with Crippen LogP contribution in [0.5, 0.6) is 5.75 Å². The lowest BCUT2D eigenvalue weighted by molar-refractivity contribution is -0.165. The van der Waals surface area contributed by atoms with Gasteiger partial charge in [-0.3, -0.25) is 0 Å². The normalized spacial score (nSPS) is 46.7. The molecule has 0 spiro atoms. The summed E-state index contributed by atoms with van der Waals surface area (Å²) in [6, 6.07) is 7.88. The van der Waals surface area contributed by atoms with Gasteiger partial charge in [0.05, 0.1) is 18.3 Å². The molecular weight excluding hydrogens is 388 g/mol. The molecule has 0 saturated heterocycles. The van der Waals surface area contributed by atoms with Crippen LogP contribution in [-0.4, -0.2) is 34.6 Å². The predicted molar refractivity (Wildman–Crippen MR) is 121 cm³/mol. The fourth-order valence-corrected chi connectivity index (χ4v) is 8.67. The van der Waals surface area contributed by atoms with Crippen molar-refractivity contribution in [1.82, 2.24) is 0 Å². The lowest BCUT2D eigenvalue weighted by Gasteiger charge is -2.62. The summed E-state index contributed by atoms with van der Waals surface area (Å²) in [6.07, 6.45) is 9.63. The molecule has 0 aromatic heterocycles. The first-order valence-electron chi connectivity index (χ1n) is 12.5. The first-order valence-corrected chi connectivity index (χ1v) is 12.5. The Kier molecular flexibility index (Phi) is 5.43. The maximum Gasteiger partial charge on any atom is 0.119 e. The average molecular weight is 429 g/mol. The topological polar surface area (TPSA) is 69.9 Å². The van der Waals surface area contributed by atoms with Crippen molar-refractivity contribution < 1.29 is 20.1 Å². The van der Waals surface area contributed by atoms with Gasteiger partial charge in [0.2, 0.25) is 0 Å². The molecule has 1 aromatic rings. The van der Waals surface area contributed by atoms with Crippen LogP contribution >= 0.6 is 0 Å². The Bertz CT molecular complexity index is 810. The van der Waals surface area contributed by atoms with E-state index in [9.17, 15) is 10.2 Å². The van der Waals surface area contributed by atoms with E-state index in [-0.39, 0.29) is 30.1 Å². The molecule has 1 aromatic carbocycles. The minimum atomic E-state index is -0.818. The van der Waals surface area contributed by atoms with Crippen LogP contribution < -0.4 is 4.74 Å². The van der Waals surface area contributed by atoms with Crippen molar-refractivity contribution in [2.24, 2.45) is 34.5 Å². The molecule has 4 saturated carbocycles. The van der Waals surface area contributed by atoms with Gasteiger partial charge < -0.3 is 20.1 Å². The zero-order valence-corrected chi connectivity index (χ0v) is 19.2. The summed E-state index contributed by atoms with van der Waals surface area (Å²) in [4.78, 5) is 0. The molecule has 8 atom stereocenters. The molecule has 4 aliphatic carbocycles. The highest BCUT2D eigenvalue weighted by molar-refractivity contribution is 5.33. The van der Waals surface area contributed by atoms with Crippen LogP contribution in [0.15, 0.2) is 24.3 Å². The van der Waals surface area contributed by atoms with Gasteiger partial charge in [-0.05, 0) is 110 Å². The van der Waals surface area contributed by atoms with E-state index in [1.807, 2.05) is 24.3 Å². The molecule has 4 aliphatic rings. The third kappa shape index (κ3) is 3.36. The summed E-state index contributed by atoms with van der Waals surface area (Å²) in [5.41, 5.74) is 0.393. The molecule has 3 N–H and O–H groups in total. The van der Waals surface area contributed by atoms with E-state index >= 15 is 0 Å². The number of rotatable bonds is 4. The lowest BCUT2D eigenvalue weighted by Crippen LogP contribution is -2.56. The van der Waals surface area contributed by atoms with Crippen molar-refractivity contribution in [2.45, 2.75) is 83.3 Å². The second kappa shape index (κ2) is 7.74. The lowest BCUT2D eigenvalue weighted by atomic mass is 9.43. The third-order valence-electron chi connectivity index (χ3n) is 10.3. The zero-order chi connectivity index (χ0) is 21.9. The number of aliphatic hydroxyl groups is 3. The third-order valence-corrected chi connectivity index (χ3v) is 10.3. The summed E-state index contributed by atoms with van der Waals surface area (Å²) in [7, 11) is 0. The van der Waals surface area contributed by atoms with Crippen molar-refractivity contribution in [3.05, 3.63) is 29.8 Å². The van der Waals surface area contributed by atoms with Crippen LogP contribution in [0, 0.1) is 34.5 Å². The van der Waals surface area contributed by atoms with E-state index in [1.54, 1.807) is 0 Å². The highest BCUT2D eigenvalue weighted by Gasteiger charge is 2.61. The standard InChI is InChI=1S/C27H40O4/c1-25-12-11-23-21(22(25)8-9-24(25)29)7-6-18-10-13-27(30,17-26(18,23)2)19-4-3-5-20(16-19)31-15-14-28/h3-5,16,18,21-24,28-30H,6-15,17H2,1-2H3/t18?,21-,22-,23+,24?,25-,26-,27?/m0/s1. The SMILES string of the molecule is C[C@]12CC(O)(c3cccc(OCCO)c3)CCC1CC[C@@H]1[C@H]2CC[C@]2(C)C(O)CC[C@@H]12. The van der Waals surface area contributed by atoms with Gasteiger partial charge in [-0.15, -0.1) is 0 Å². The second-order valence-electron chi connectivity index (χ2n) is 11.6. The number of hydrogen-bond donors (Lipinski definition) is 3. The summed E-state index contributed by atoms with van der Waals surface area (Å²) >= 11 is 0. The van der Waals surface area contributed by atoms with Crippen molar-refractivity contribution in [3.63, 3.8) is 0 Å². The molecule has 3 unspecified atom stereocenters. The predicted octanol–water partition coefficient (Wildman–Crippen LogP) is 4.65. The maximum absolute atomic E-state index is 11.9. The molecule has 0 aliphatic heterocycles. The summed E-state index contributed by atoms with van der Waals surface area (Å²) in [5.74, 6) is 3.40. The van der Waals surface area contributed by atoms with E-state index in [4.69, 9.17) is 9.84 Å². The number of hydrogen-bond acceptors (Lipinski definition) is 4. The van der Waals surface area contributed by atoms with E-state index in [0.717, 1.165) is 43.4 Å². The van der Waals surface area contributed by atoms with E-state index < -0.39 is 5.60 Å². The van der Waals surface area contributed by atoms with Crippen molar-refractivity contribution >= 4 is 0 Å². The highest BCUT2D eigenvalue weighted by atomic mass is 16.5. The van der Waals surface area contributed by atoms with E-state index in [2.05, 4.69) is 13.8 Å². The van der Waals surface area contributed by atoms with Crippen LogP contribution in [0.1, 0.15) is 77.2 Å². The first kappa shape index (κ1) is 21.7. The van der Waals surface area contributed by atoms with Gasteiger partial charge in [0.1, 0.15) is 12.4 Å². The molecule has 0 radical (unpaired) electrons. The van der Waals surface area contributed by atoms with Crippen LogP contribution in [0.2, 0.25) is 0 Å². The molecular formula is C27H40O4. The Morgan fingerprint density at radius 2 is 1.77 bits per heavy atom. The quantitative estimate of drug-likeness (QED) is 0.653. The van der Waals surface area contributed by atoms with Crippen LogP contribution in [0.4, 0.5) is 0 Å². The maximum atomic E-state index is 11.9. The second-order valence-corrected chi connectivity index (χ2v) is 11.6. The highest BCUT2D eigenvalue weighted by Crippen LogP contribution is 2.67. The summed E-state index contributed by atoms with van der Waals surface area (Å²) in [6.45, 7) is 5.08. The molecule has 4 heteroatoms. The van der Waals surface area contributed by atoms with E-state index in [0.29, 0.717) is 23.7 Å². The largest absolute Gasteiger partial charge is 0.491 e. The Balaban J connectivity index is 1.42. The van der Waals surface area contributed by atoms with Gasteiger partial charge in [-0.2, -0.15) is 0 Å². The fraction of sp³-hybridized carbons (Fsp3) is 0.778. The fourth-order valence-electron chi connectivity index (χ4n) is 8.67. The number of benzene rings is 1. The Labute approximate surface area is 187 Å². The first-order chi connectivity index (χ1) is 14.8. The van der Waals surface area contributed by atoms with Gasteiger partial charge in [0, 0.05) is 0 Å². The van der Waals surface area contributed by atoms with Crippen molar-refractivity contribution in [3.8, 4) is 5.75 Å². The molecule has 31 heavy (non-hydrogen) atoms. The minimum absolute atomic E-state index is 0.00784. The molecule has 0 heterocycles. The number of ether oxygens (including phenoxy) is 1. The van der Waals surface area contributed by atoms with Gasteiger partial charge >= 0.3 is 0 Å². The zero-order valence-electron chi connectivity index (χ0n) is 19.2. The van der Waals surface area contributed by atoms with Gasteiger partial charge in [-0.25, -0.2) is 0 Å². The van der Waals surface area contributed by atoms with Crippen LogP contribution in [0.25, 0.3) is 0 Å². The molecule has 172 valence electrons. The Hall–Kier alpha value is -1.10. The van der Waals surface area contributed by atoms with Crippen molar-refractivity contribution in [1.29, 1.82) is 0 Å². The van der Waals surface area contributed by atoms with Gasteiger partial charge in [-0.1, -0.05) is 26.0 Å². The molecule has 4 fully saturated rings. The minimum Gasteiger partial charge on any atom is -0.491 e.